The summed E-state index contributed by atoms with van der Waals surface area (Å²) in [5, 5.41) is 11.3. The number of methoxy groups -OCH3 is 1. The summed E-state index contributed by atoms with van der Waals surface area (Å²) in [6.45, 7) is 2.55. The molecule has 1 heterocycles. The van der Waals surface area contributed by atoms with Crippen LogP contribution in [0.3, 0.4) is 0 Å². The third-order valence-electron chi connectivity index (χ3n) is 2.75. The Morgan fingerprint density at radius 3 is 2.63 bits per heavy atom. The Kier molecular flexibility index (Phi) is 4.58. The summed E-state index contributed by atoms with van der Waals surface area (Å²) in [6.07, 6.45) is 0. The summed E-state index contributed by atoms with van der Waals surface area (Å²) < 4.78 is 4.97. The number of nitrogens with one attached hydrogen (secondary N) is 1. The summed E-state index contributed by atoms with van der Waals surface area (Å²) in [6, 6.07) is 11.6. The molecule has 0 spiro atoms. The van der Waals surface area contributed by atoms with Gasteiger partial charge in [0.2, 0.25) is 5.88 Å². The molecule has 0 fully saturated rings. The van der Waals surface area contributed by atoms with Crippen molar-refractivity contribution in [3.05, 3.63) is 47.7 Å². The number of alkyl halides is 1. The Balaban J connectivity index is 2.05. The highest BCUT2D eigenvalue weighted by molar-refractivity contribution is 6.21. The van der Waals surface area contributed by atoms with Gasteiger partial charge in [0.1, 0.15) is 0 Å². The molecule has 0 radical (unpaired) electrons. The summed E-state index contributed by atoms with van der Waals surface area (Å²) in [5.74, 6) is 0.513. The molecule has 2 aromatic rings. The van der Waals surface area contributed by atoms with E-state index in [1.54, 1.807) is 13.2 Å². The Bertz CT molecular complexity index is 528. The van der Waals surface area contributed by atoms with E-state index < -0.39 is 0 Å². The van der Waals surface area contributed by atoms with Crippen LogP contribution in [0, 0.1) is 0 Å². The first-order chi connectivity index (χ1) is 9.20. The van der Waals surface area contributed by atoms with Gasteiger partial charge in [0.15, 0.2) is 0 Å². The van der Waals surface area contributed by atoms with E-state index in [1.165, 1.54) is 0 Å². The number of nitrogens with zero attached hydrogens (tertiary/aromatic N) is 2. The largest absolute Gasteiger partial charge is 0.480 e. The van der Waals surface area contributed by atoms with E-state index >= 15 is 0 Å². The van der Waals surface area contributed by atoms with Gasteiger partial charge in [-0.2, -0.15) is 5.10 Å². The third-order valence-corrected chi connectivity index (χ3v) is 2.99. The molecule has 0 saturated heterocycles. The van der Waals surface area contributed by atoms with E-state index in [0.29, 0.717) is 12.4 Å². The van der Waals surface area contributed by atoms with E-state index in [4.69, 9.17) is 16.3 Å². The molecule has 5 heteroatoms. The minimum absolute atomic E-state index is 0.0364. The van der Waals surface area contributed by atoms with Crippen LogP contribution in [-0.4, -0.2) is 17.3 Å². The molecule has 0 amide bonds. The number of para-hydroxylation sites is 1. The first-order valence-corrected chi connectivity index (χ1v) is 6.48. The van der Waals surface area contributed by atoms with Crippen molar-refractivity contribution >= 4 is 17.3 Å². The molecule has 2 rings (SSSR count). The summed E-state index contributed by atoms with van der Waals surface area (Å²) in [4.78, 5) is 0. The quantitative estimate of drug-likeness (QED) is 0.851. The van der Waals surface area contributed by atoms with Crippen LogP contribution < -0.4 is 10.1 Å². The van der Waals surface area contributed by atoms with Crippen molar-refractivity contribution in [2.45, 2.75) is 18.8 Å². The van der Waals surface area contributed by atoms with Gasteiger partial charge in [0, 0.05) is 11.8 Å². The second kappa shape index (κ2) is 6.38. The second-order valence-electron chi connectivity index (χ2n) is 4.12. The summed E-state index contributed by atoms with van der Waals surface area (Å²) in [7, 11) is 1.57. The van der Waals surface area contributed by atoms with E-state index in [-0.39, 0.29) is 5.38 Å². The average Bonchev–Trinajstić information content (AvgIpc) is 2.46. The first-order valence-electron chi connectivity index (χ1n) is 6.04. The molecule has 19 heavy (non-hydrogen) atoms. The molecule has 0 bridgehead atoms. The minimum Gasteiger partial charge on any atom is -0.480 e. The van der Waals surface area contributed by atoms with Gasteiger partial charge in [-0.1, -0.05) is 18.2 Å². The molecule has 0 aliphatic heterocycles. The maximum atomic E-state index is 6.15. The van der Waals surface area contributed by atoms with Crippen LogP contribution in [0.1, 0.15) is 23.6 Å². The molecular weight excluding hydrogens is 262 g/mol. The normalized spacial score (nSPS) is 11.9. The Morgan fingerprint density at radius 2 is 2.00 bits per heavy atom. The number of rotatable bonds is 5. The van der Waals surface area contributed by atoms with Crippen molar-refractivity contribution in [3.8, 4) is 5.88 Å². The lowest BCUT2D eigenvalue weighted by Crippen LogP contribution is -2.05. The molecule has 4 nitrogen and oxygen atoms in total. The number of ether oxygens (including phenoxy) is 1. The molecule has 0 aliphatic rings. The van der Waals surface area contributed by atoms with E-state index in [1.807, 2.05) is 37.3 Å². The van der Waals surface area contributed by atoms with Crippen molar-refractivity contribution in [2.24, 2.45) is 0 Å². The molecule has 1 N–H and O–H groups in total. The maximum absolute atomic E-state index is 6.15. The fraction of sp³-hybridized carbons (Fsp3) is 0.286. The van der Waals surface area contributed by atoms with Gasteiger partial charge < -0.3 is 10.1 Å². The zero-order valence-electron chi connectivity index (χ0n) is 10.9. The Hall–Kier alpha value is -1.81. The predicted octanol–water partition coefficient (Wildman–Crippen LogP) is 3.40. The number of hydrogen-bond acceptors (Lipinski definition) is 4. The Morgan fingerprint density at radius 1 is 1.21 bits per heavy atom. The van der Waals surface area contributed by atoms with Crippen molar-refractivity contribution in [2.75, 3.05) is 12.4 Å². The van der Waals surface area contributed by atoms with Gasteiger partial charge >= 0.3 is 0 Å². The van der Waals surface area contributed by atoms with Gasteiger partial charge in [-0.3, -0.25) is 0 Å². The smallest absolute Gasteiger partial charge is 0.233 e. The number of anilines is 1. The van der Waals surface area contributed by atoms with Crippen molar-refractivity contribution in [1.82, 2.24) is 10.2 Å². The monoisotopic (exact) mass is 277 g/mol. The van der Waals surface area contributed by atoms with Crippen LogP contribution >= 0.6 is 11.6 Å². The average molecular weight is 278 g/mol. The van der Waals surface area contributed by atoms with Crippen LogP contribution in [0.25, 0.3) is 0 Å². The minimum atomic E-state index is -0.0364. The van der Waals surface area contributed by atoms with Gasteiger partial charge in [0.05, 0.1) is 24.7 Å². The number of hydrogen-bond donors (Lipinski definition) is 1. The maximum Gasteiger partial charge on any atom is 0.233 e. The molecule has 1 atom stereocenters. The fourth-order valence-corrected chi connectivity index (χ4v) is 1.93. The SMILES string of the molecule is COc1ccc(CNc2ccccc2C(C)Cl)nn1. The number of benzene rings is 1. The lowest BCUT2D eigenvalue weighted by Gasteiger charge is -2.13. The van der Waals surface area contributed by atoms with Crippen LogP contribution in [0.15, 0.2) is 36.4 Å². The summed E-state index contributed by atoms with van der Waals surface area (Å²) in [5.41, 5.74) is 2.94. The molecular formula is C14H16ClN3O. The van der Waals surface area contributed by atoms with Gasteiger partial charge in [-0.15, -0.1) is 16.7 Å². The molecule has 0 saturated carbocycles. The fourth-order valence-electron chi connectivity index (χ4n) is 1.74. The molecule has 1 unspecified atom stereocenters. The number of aromatic nitrogens is 2. The topological polar surface area (TPSA) is 47.0 Å². The Labute approximate surface area is 117 Å². The van der Waals surface area contributed by atoms with Crippen LogP contribution in [-0.2, 0) is 6.54 Å². The highest BCUT2D eigenvalue weighted by Crippen LogP contribution is 2.27. The zero-order valence-corrected chi connectivity index (χ0v) is 11.7. The zero-order chi connectivity index (χ0) is 13.7. The van der Waals surface area contributed by atoms with E-state index in [0.717, 1.165) is 16.9 Å². The molecule has 100 valence electrons. The molecule has 1 aromatic carbocycles. The second-order valence-corrected chi connectivity index (χ2v) is 4.78. The van der Waals surface area contributed by atoms with Crippen LogP contribution in [0.5, 0.6) is 5.88 Å². The standard InChI is InChI=1S/C14H16ClN3O/c1-10(15)12-5-3-4-6-13(12)16-9-11-7-8-14(19-2)18-17-11/h3-8,10,16H,9H2,1-2H3. The van der Waals surface area contributed by atoms with Crippen LogP contribution in [0.2, 0.25) is 0 Å². The molecule has 1 aromatic heterocycles. The van der Waals surface area contributed by atoms with E-state index in [2.05, 4.69) is 15.5 Å². The lowest BCUT2D eigenvalue weighted by molar-refractivity contribution is 0.391. The van der Waals surface area contributed by atoms with E-state index in [9.17, 15) is 0 Å². The van der Waals surface area contributed by atoms with Gasteiger partial charge in [-0.25, -0.2) is 0 Å². The van der Waals surface area contributed by atoms with Gasteiger partial charge in [-0.05, 0) is 24.6 Å². The lowest BCUT2D eigenvalue weighted by atomic mass is 10.1. The predicted molar refractivity (Wildman–Crippen MR) is 76.6 cm³/mol. The van der Waals surface area contributed by atoms with Gasteiger partial charge in [0.25, 0.3) is 0 Å². The highest BCUT2D eigenvalue weighted by Gasteiger charge is 2.07. The third kappa shape index (κ3) is 3.58. The first kappa shape index (κ1) is 13.6. The highest BCUT2D eigenvalue weighted by atomic mass is 35.5. The summed E-state index contributed by atoms with van der Waals surface area (Å²) >= 11 is 6.15. The van der Waals surface area contributed by atoms with Crippen molar-refractivity contribution in [3.63, 3.8) is 0 Å². The van der Waals surface area contributed by atoms with Crippen molar-refractivity contribution < 1.29 is 4.74 Å². The van der Waals surface area contributed by atoms with Crippen LogP contribution in [0.4, 0.5) is 5.69 Å². The van der Waals surface area contributed by atoms with Crippen molar-refractivity contribution in [1.29, 1.82) is 0 Å². The molecule has 0 aliphatic carbocycles. The number of halogens is 1.